The van der Waals surface area contributed by atoms with E-state index in [1.54, 1.807) is 0 Å². The van der Waals surface area contributed by atoms with Crippen molar-refractivity contribution in [3.05, 3.63) is 94.8 Å². The largest absolute Gasteiger partial charge is 0.478 e. The van der Waals surface area contributed by atoms with Gasteiger partial charge in [0.25, 0.3) is 0 Å². The second-order valence-corrected chi connectivity index (χ2v) is 7.76. The molecule has 1 aliphatic carbocycles. The van der Waals surface area contributed by atoms with E-state index in [0.29, 0.717) is 0 Å². The summed E-state index contributed by atoms with van der Waals surface area (Å²) in [5.41, 5.74) is 3.66. The van der Waals surface area contributed by atoms with Crippen LogP contribution >= 0.6 is 0 Å². The van der Waals surface area contributed by atoms with Gasteiger partial charge in [0.15, 0.2) is 0 Å². The summed E-state index contributed by atoms with van der Waals surface area (Å²) in [5, 5.41) is 32.1. The molecule has 0 aromatic heterocycles. The van der Waals surface area contributed by atoms with Crippen molar-refractivity contribution in [2.45, 2.75) is 18.1 Å². The Morgan fingerprint density at radius 2 is 1.58 bits per heavy atom. The molecule has 0 bridgehead atoms. The lowest BCUT2D eigenvalue weighted by atomic mass is 9.98. The van der Waals surface area contributed by atoms with E-state index in [1.807, 2.05) is 48.5 Å². The Labute approximate surface area is 189 Å². The predicted octanol–water partition coefficient (Wildman–Crippen LogP) is 3.46. The molecule has 0 radical (unpaired) electrons. The Hall–Kier alpha value is -3.75. The molecule has 4 rings (SSSR count). The first-order valence-electron chi connectivity index (χ1n) is 10.3. The van der Waals surface area contributed by atoms with Gasteiger partial charge in [0.2, 0.25) is 0 Å². The monoisotopic (exact) mass is 451 g/mol. The summed E-state index contributed by atoms with van der Waals surface area (Å²) in [4.78, 5) is 23.5. The number of aliphatic hydroxyl groups is 2. The molecule has 1 aliphatic rings. The maximum absolute atomic E-state index is 13.3. The lowest BCUT2D eigenvalue weighted by Gasteiger charge is -2.20. The van der Waals surface area contributed by atoms with Crippen molar-refractivity contribution >= 4 is 12.1 Å². The first-order valence-corrected chi connectivity index (χ1v) is 10.3. The zero-order valence-electron chi connectivity index (χ0n) is 17.4. The van der Waals surface area contributed by atoms with Gasteiger partial charge in [-0.15, -0.1) is 0 Å². The first-order chi connectivity index (χ1) is 15.9. The van der Waals surface area contributed by atoms with Crippen molar-refractivity contribution < 1.29 is 34.0 Å². The standard InChI is InChI=1S/C25H22FNO6/c26-14-9-10-19(20(11-14)24(30)31)23(29)22(28)12-27-25(32)33-13-21-17-7-3-1-5-15(17)16-6-2-4-8-18(16)21/h1-11,21-23,28-29H,12-13H2,(H,27,32)(H,30,31). The van der Waals surface area contributed by atoms with Gasteiger partial charge in [-0.3, -0.25) is 0 Å². The van der Waals surface area contributed by atoms with Crippen LogP contribution < -0.4 is 5.32 Å². The number of aromatic carboxylic acids is 1. The van der Waals surface area contributed by atoms with Gasteiger partial charge >= 0.3 is 12.1 Å². The van der Waals surface area contributed by atoms with Crippen molar-refractivity contribution in [1.29, 1.82) is 0 Å². The quantitative estimate of drug-likeness (QED) is 0.437. The molecule has 0 heterocycles. The Morgan fingerprint density at radius 1 is 0.970 bits per heavy atom. The minimum absolute atomic E-state index is 0.0830. The summed E-state index contributed by atoms with van der Waals surface area (Å²) in [5.74, 6) is -2.36. The molecule has 2 atom stereocenters. The average Bonchev–Trinajstić information content (AvgIpc) is 3.14. The molecule has 0 spiro atoms. The minimum Gasteiger partial charge on any atom is -0.478 e. The molecular weight excluding hydrogens is 429 g/mol. The number of rotatable bonds is 7. The maximum Gasteiger partial charge on any atom is 0.407 e. The number of halogens is 1. The first kappa shape index (κ1) is 22.4. The molecule has 0 aliphatic heterocycles. The van der Waals surface area contributed by atoms with Crippen LogP contribution in [0.3, 0.4) is 0 Å². The van der Waals surface area contributed by atoms with E-state index in [0.717, 1.165) is 40.5 Å². The van der Waals surface area contributed by atoms with Gasteiger partial charge < -0.3 is 25.4 Å². The van der Waals surface area contributed by atoms with Crippen LogP contribution in [-0.4, -0.2) is 46.6 Å². The summed E-state index contributed by atoms with van der Waals surface area (Å²) in [6.45, 7) is -0.312. The SMILES string of the molecule is O=C(NCC(O)C(O)c1ccc(F)cc1C(=O)O)OCC1c2ccccc2-c2ccccc21. The lowest BCUT2D eigenvalue weighted by Crippen LogP contribution is -2.36. The number of carbonyl (C=O) groups is 2. The van der Waals surface area contributed by atoms with Crippen LogP contribution in [0.5, 0.6) is 0 Å². The molecule has 0 saturated heterocycles. The van der Waals surface area contributed by atoms with Gasteiger partial charge in [0.1, 0.15) is 24.6 Å². The highest BCUT2D eigenvalue weighted by atomic mass is 19.1. The Morgan fingerprint density at radius 3 is 2.18 bits per heavy atom. The molecule has 2 unspecified atom stereocenters. The molecule has 8 heteroatoms. The third-order valence-electron chi connectivity index (χ3n) is 5.73. The van der Waals surface area contributed by atoms with E-state index >= 15 is 0 Å². The van der Waals surface area contributed by atoms with E-state index in [9.17, 15) is 29.3 Å². The molecule has 3 aromatic rings. The number of aliphatic hydroxyl groups excluding tert-OH is 2. The van der Waals surface area contributed by atoms with Crippen LogP contribution in [0.15, 0.2) is 66.7 Å². The van der Waals surface area contributed by atoms with Gasteiger partial charge in [-0.05, 0) is 39.9 Å². The van der Waals surface area contributed by atoms with E-state index in [1.165, 1.54) is 0 Å². The zero-order chi connectivity index (χ0) is 23.5. The number of carboxylic acid groups (broad SMARTS) is 1. The van der Waals surface area contributed by atoms with Crippen LogP contribution in [0.1, 0.15) is 39.1 Å². The van der Waals surface area contributed by atoms with Crippen molar-refractivity contribution in [3.63, 3.8) is 0 Å². The number of fused-ring (bicyclic) bond motifs is 3. The van der Waals surface area contributed by atoms with Crippen molar-refractivity contribution in [2.75, 3.05) is 13.2 Å². The smallest absolute Gasteiger partial charge is 0.407 e. The molecule has 0 saturated carbocycles. The summed E-state index contributed by atoms with van der Waals surface area (Å²) in [6, 6.07) is 18.6. The number of carbonyl (C=O) groups excluding carboxylic acids is 1. The predicted molar refractivity (Wildman–Crippen MR) is 117 cm³/mol. The Balaban J connectivity index is 1.36. The van der Waals surface area contributed by atoms with Crippen LogP contribution in [0.25, 0.3) is 11.1 Å². The fourth-order valence-electron chi connectivity index (χ4n) is 4.13. The maximum atomic E-state index is 13.3. The summed E-state index contributed by atoms with van der Waals surface area (Å²) in [7, 11) is 0. The zero-order valence-corrected chi connectivity index (χ0v) is 17.4. The number of nitrogens with one attached hydrogen (secondary N) is 1. The number of carboxylic acids is 1. The topological polar surface area (TPSA) is 116 Å². The third-order valence-corrected chi connectivity index (χ3v) is 5.73. The highest BCUT2D eigenvalue weighted by Crippen LogP contribution is 2.44. The molecule has 4 N–H and O–H groups in total. The number of hydrogen-bond acceptors (Lipinski definition) is 5. The third kappa shape index (κ3) is 4.57. The van der Waals surface area contributed by atoms with Gasteiger partial charge in [0.05, 0.1) is 5.56 Å². The molecule has 0 fully saturated rings. The van der Waals surface area contributed by atoms with Crippen LogP contribution in [-0.2, 0) is 4.74 Å². The highest BCUT2D eigenvalue weighted by molar-refractivity contribution is 5.89. The summed E-state index contributed by atoms with van der Waals surface area (Å²) < 4.78 is 18.7. The molecule has 7 nitrogen and oxygen atoms in total. The van der Waals surface area contributed by atoms with Crippen molar-refractivity contribution in [3.8, 4) is 11.1 Å². The molecule has 33 heavy (non-hydrogen) atoms. The minimum atomic E-state index is -1.65. The van der Waals surface area contributed by atoms with Crippen LogP contribution in [0.4, 0.5) is 9.18 Å². The Kier molecular flexibility index (Phi) is 6.39. The van der Waals surface area contributed by atoms with Crippen LogP contribution in [0.2, 0.25) is 0 Å². The lowest BCUT2D eigenvalue weighted by molar-refractivity contribution is 0.0175. The van der Waals surface area contributed by atoms with Crippen LogP contribution in [0, 0.1) is 5.82 Å². The van der Waals surface area contributed by atoms with Crippen molar-refractivity contribution in [1.82, 2.24) is 5.32 Å². The fourth-order valence-corrected chi connectivity index (χ4v) is 4.13. The normalized spacial score (nSPS) is 14.2. The Bertz CT molecular complexity index is 1150. The summed E-state index contributed by atoms with van der Waals surface area (Å²) >= 11 is 0. The van der Waals surface area contributed by atoms with E-state index in [-0.39, 0.29) is 18.1 Å². The second kappa shape index (κ2) is 9.40. The van der Waals surface area contributed by atoms with E-state index in [2.05, 4.69) is 5.32 Å². The molecule has 3 aromatic carbocycles. The second-order valence-electron chi connectivity index (χ2n) is 7.76. The number of ether oxygens (including phenoxy) is 1. The molecule has 1 amide bonds. The number of benzene rings is 3. The average molecular weight is 451 g/mol. The van der Waals surface area contributed by atoms with Gasteiger partial charge in [0, 0.05) is 12.5 Å². The van der Waals surface area contributed by atoms with Gasteiger partial charge in [-0.1, -0.05) is 54.6 Å². The molecule has 170 valence electrons. The fraction of sp³-hybridized carbons (Fsp3) is 0.200. The number of alkyl carbamates (subject to hydrolysis) is 1. The van der Waals surface area contributed by atoms with E-state index < -0.39 is 42.2 Å². The summed E-state index contributed by atoms with van der Waals surface area (Å²) in [6.07, 6.45) is -3.97. The highest BCUT2D eigenvalue weighted by Gasteiger charge is 2.29. The molecular formula is C25H22FNO6. The van der Waals surface area contributed by atoms with Gasteiger partial charge in [-0.2, -0.15) is 0 Å². The van der Waals surface area contributed by atoms with Gasteiger partial charge in [-0.25, -0.2) is 14.0 Å². The number of amides is 1. The van der Waals surface area contributed by atoms with E-state index in [4.69, 9.17) is 4.74 Å². The van der Waals surface area contributed by atoms with Crippen molar-refractivity contribution in [2.24, 2.45) is 0 Å². The number of hydrogen-bond donors (Lipinski definition) is 4.